The largest absolute Gasteiger partial charge is 0.416 e. The first kappa shape index (κ1) is 21.2. The van der Waals surface area contributed by atoms with Gasteiger partial charge in [0.05, 0.1) is 11.1 Å². The van der Waals surface area contributed by atoms with E-state index in [9.17, 15) is 31.1 Å². The van der Waals surface area contributed by atoms with E-state index in [2.05, 4.69) is 5.32 Å². The minimum atomic E-state index is -4.91. The van der Waals surface area contributed by atoms with Crippen LogP contribution in [0.5, 0.6) is 0 Å². The van der Waals surface area contributed by atoms with Gasteiger partial charge in [-0.1, -0.05) is 18.2 Å². The Hall–Kier alpha value is -2.55. The summed E-state index contributed by atoms with van der Waals surface area (Å²) in [5, 5.41) is 2.67. The summed E-state index contributed by atoms with van der Waals surface area (Å²) in [4.78, 5) is 12.0. The van der Waals surface area contributed by atoms with Crippen LogP contribution in [-0.2, 0) is 28.4 Å². The third-order valence-electron chi connectivity index (χ3n) is 4.54. The molecule has 1 aliphatic rings. The predicted octanol–water partition coefficient (Wildman–Crippen LogP) is 5.19. The minimum absolute atomic E-state index is 0.0810. The number of hydrogen-bond donors (Lipinski definition) is 1. The molecular weight excluding hydrogens is 400 g/mol. The van der Waals surface area contributed by atoms with Crippen molar-refractivity contribution in [3.63, 3.8) is 0 Å². The highest BCUT2D eigenvalue weighted by Crippen LogP contribution is 2.38. The number of amides is 1. The molecule has 1 aliphatic heterocycles. The highest BCUT2D eigenvalue weighted by atomic mass is 19.4. The molecule has 3 nitrogen and oxygen atoms in total. The van der Waals surface area contributed by atoms with Crippen LogP contribution >= 0.6 is 0 Å². The van der Waals surface area contributed by atoms with Crippen molar-refractivity contribution in [1.29, 1.82) is 0 Å². The molecule has 1 N–H and O–H groups in total. The third-order valence-corrected chi connectivity index (χ3v) is 4.54. The van der Waals surface area contributed by atoms with E-state index in [-0.39, 0.29) is 29.6 Å². The zero-order chi connectivity index (χ0) is 21.2. The van der Waals surface area contributed by atoms with E-state index < -0.39 is 29.6 Å². The Morgan fingerprint density at radius 3 is 2.17 bits per heavy atom. The summed E-state index contributed by atoms with van der Waals surface area (Å²) < 4.78 is 83.6. The lowest BCUT2D eigenvalue weighted by molar-refractivity contribution is -0.143. The van der Waals surface area contributed by atoms with Gasteiger partial charge in [-0.3, -0.25) is 4.79 Å². The molecule has 2 aromatic rings. The molecule has 9 heteroatoms. The Morgan fingerprint density at radius 2 is 1.62 bits per heavy atom. The van der Waals surface area contributed by atoms with Crippen LogP contribution in [-0.4, -0.2) is 18.6 Å². The van der Waals surface area contributed by atoms with Crippen molar-refractivity contribution in [1.82, 2.24) is 5.32 Å². The summed E-state index contributed by atoms with van der Waals surface area (Å²) in [5.41, 5.74) is -2.23. The van der Waals surface area contributed by atoms with Crippen LogP contribution in [0.2, 0.25) is 0 Å². The van der Waals surface area contributed by atoms with E-state index in [4.69, 9.17) is 4.74 Å². The van der Waals surface area contributed by atoms with Gasteiger partial charge in [-0.05, 0) is 53.8 Å². The molecule has 1 heterocycles. The van der Waals surface area contributed by atoms with Gasteiger partial charge >= 0.3 is 12.4 Å². The molecule has 0 bridgehead atoms. The SMILES string of the molecule is O=C(NCc1cccc(-c2cc(C(F)(F)F)cc(C(F)(F)F)c2)c1)[C@@H]1CCCO1. The Kier molecular flexibility index (Phi) is 5.88. The van der Waals surface area contributed by atoms with Gasteiger partial charge in [-0.25, -0.2) is 0 Å². The summed E-state index contributed by atoms with van der Waals surface area (Å²) in [6, 6.07) is 7.45. The monoisotopic (exact) mass is 417 g/mol. The molecule has 1 fully saturated rings. The average Bonchev–Trinajstić information content (AvgIpc) is 3.19. The number of carbonyl (C=O) groups excluding carboxylic acids is 1. The maximum atomic E-state index is 13.1. The maximum absolute atomic E-state index is 13.1. The van der Waals surface area contributed by atoms with Crippen LogP contribution in [0, 0.1) is 0 Å². The average molecular weight is 417 g/mol. The second-order valence-corrected chi connectivity index (χ2v) is 6.71. The van der Waals surface area contributed by atoms with Crippen molar-refractivity contribution < 1.29 is 35.9 Å². The topological polar surface area (TPSA) is 38.3 Å². The van der Waals surface area contributed by atoms with Crippen LogP contribution in [0.1, 0.15) is 29.5 Å². The second kappa shape index (κ2) is 8.06. The summed E-state index contributed by atoms with van der Waals surface area (Å²) in [7, 11) is 0. The fraction of sp³-hybridized carbons (Fsp3) is 0.350. The number of carbonyl (C=O) groups is 1. The van der Waals surface area contributed by atoms with Crippen molar-refractivity contribution >= 4 is 5.91 Å². The van der Waals surface area contributed by atoms with Crippen molar-refractivity contribution in [2.45, 2.75) is 37.8 Å². The van der Waals surface area contributed by atoms with Crippen molar-refractivity contribution in [3.05, 3.63) is 59.2 Å². The molecule has 1 amide bonds. The van der Waals surface area contributed by atoms with Crippen molar-refractivity contribution in [2.24, 2.45) is 0 Å². The van der Waals surface area contributed by atoms with Gasteiger partial charge in [0.2, 0.25) is 5.91 Å². The summed E-state index contributed by atoms with van der Waals surface area (Å²) in [6.45, 7) is 0.586. The molecule has 1 saturated heterocycles. The number of hydrogen-bond acceptors (Lipinski definition) is 2. The Labute approximate surface area is 162 Å². The van der Waals surface area contributed by atoms with Gasteiger partial charge in [0.25, 0.3) is 0 Å². The summed E-state index contributed by atoms with van der Waals surface area (Å²) >= 11 is 0. The number of alkyl halides is 6. The van der Waals surface area contributed by atoms with Gasteiger partial charge in [0.15, 0.2) is 0 Å². The highest BCUT2D eigenvalue weighted by Gasteiger charge is 2.37. The molecule has 0 unspecified atom stereocenters. The first-order valence-electron chi connectivity index (χ1n) is 8.82. The first-order chi connectivity index (χ1) is 13.5. The van der Waals surface area contributed by atoms with Crippen LogP contribution < -0.4 is 5.32 Å². The Morgan fingerprint density at radius 1 is 0.966 bits per heavy atom. The van der Waals surface area contributed by atoms with Crippen LogP contribution in [0.3, 0.4) is 0 Å². The normalized spacial score (nSPS) is 17.4. The summed E-state index contributed by atoms with van der Waals surface area (Å²) in [6.07, 6.45) is -8.97. The minimum Gasteiger partial charge on any atom is -0.368 e. The molecule has 0 spiro atoms. The van der Waals surface area contributed by atoms with E-state index in [1.54, 1.807) is 6.07 Å². The van der Waals surface area contributed by atoms with Gasteiger partial charge < -0.3 is 10.1 Å². The number of nitrogens with one attached hydrogen (secondary N) is 1. The number of benzene rings is 2. The zero-order valence-corrected chi connectivity index (χ0v) is 15.0. The molecule has 1 atom stereocenters. The van der Waals surface area contributed by atoms with Gasteiger partial charge in [0.1, 0.15) is 6.10 Å². The maximum Gasteiger partial charge on any atom is 0.416 e. The van der Waals surface area contributed by atoms with E-state index >= 15 is 0 Å². The third kappa shape index (κ3) is 5.29. The zero-order valence-electron chi connectivity index (χ0n) is 15.0. The first-order valence-corrected chi connectivity index (χ1v) is 8.82. The molecule has 0 radical (unpaired) electrons. The lowest BCUT2D eigenvalue weighted by Crippen LogP contribution is -2.33. The summed E-state index contributed by atoms with van der Waals surface area (Å²) in [5.74, 6) is -0.300. The molecular formula is C20H17F6NO2. The molecule has 156 valence electrons. The Balaban J connectivity index is 1.86. The van der Waals surface area contributed by atoms with E-state index in [1.165, 1.54) is 18.2 Å². The molecule has 29 heavy (non-hydrogen) atoms. The number of ether oxygens (including phenoxy) is 1. The standard InChI is InChI=1S/C20H17F6NO2/c21-19(22,23)15-8-14(9-16(10-15)20(24,25)26)13-4-1-3-12(7-13)11-27-18(28)17-5-2-6-29-17/h1,3-4,7-10,17H,2,5-6,11H2,(H,27,28)/t17-/m0/s1. The smallest absolute Gasteiger partial charge is 0.368 e. The van der Waals surface area contributed by atoms with E-state index in [0.717, 1.165) is 6.42 Å². The molecule has 3 rings (SSSR count). The number of halogens is 6. The van der Waals surface area contributed by atoms with Gasteiger partial charge in [-0.15, -0.1) is 0 Å². The molecule has 0 aliphatic carbocycles. The lowest BCUT2D eigenvalue weighted by Gasteiger charge is -2.15. The van der Waals surface area contributed by atoms with E-state index in [1.807, 2.05) is 0 Å². The van der Waals surface area contributed by atoms with Gasteiger partial charge in [-0.2, -0.15) is 26.3 Å². The van der Waals surface area contributed by atoms with Crippen molar-refractivity contribution in [2.75, 3.05) is 6.61 Å². The second-order valence-electron chi connectivity index (χ2n) is 6.71. The Bertz CT molecular complexity index is 853. The molecule has 2 aromatic carbocycles. The lowest BCUT2D eigenvalue weighted by atomic mass is 9.98. The molecule has 0 aromatic heterocycles. The fourth-order valence-corrected chi connectivity index (χ4v) is 3.07. The van der Waals surface area contributed by atoms with E-state index in [0.29, 0.717) is 30.7 Å². The van der Waals surface area contributed by atoms with Crippen LogP contribution in [0.25, 0.3) is 11.1 Å². The fourth-order valence-electron chi connectivity index (χ4n) is 3.07. The quantitative estimate of drug-likeness (QED) is 0.696. The van der Waals surface area contributed by atoms with Crippen LogP contribution in [0.15, 0.2) is 42.5 Å². The predicted molar refractivity (Wildman–Crippen MR) is 92.7 cm³/mol. The number of rotatable bonds is 4. The van der Waals surface area contributed by atoms with Gasteiger partial charge in [0, 0.05) is 13.2 Å². The molecule has 0 saturated carbocycles. The highest BCUT2D eigenvalue weighted by molar-refractivity contribution is 5.81. The van der Waals surface area contributed by atoms with Crippen molar-refractivity contribution in [3.8, 4) is 11.1 Å². The van der Waals surface area contributed by atoms with Crippen LogP contribution in [0.4, 0.5) is 26.3 Å².